The summed E-state index contributed by atoms with van der Waals surface area (Å²) in [6.45, 7) is 35.2. The molecule has 0 rings (SSSR count). The number of ether oxygens (including phenoxy) is 1. The summed E-state index contributed by atoms with van der Waals surface area (Å²) in [7, 11) is -2.47. The van der Waals surface area contributed by atoms with Gasteiger partial charge >= 0.3 is 0 Å². The predicted molar refractivity (Wildman–Crippen MR) is 121 cm³/mol. The van der Waals surface area contributed by atoms with E-state index in [1.165, 1.54) is 0 Å². The van der Waals surface area contributed by atoms with Crippen LogP contribution in [0, 0.1) is 0 Å². The molecule has 24 heavy (non-hydrogen) atoms. The van der Waals surface area contributed by atoms with Crippen molar-refractivity contribution in [3.05, 3.63) is 0 Å². The fourth-order valence-corrected chi connectivity index (χ4v) is 24.0. The van der Waals surface area contributed by atoms with Crippen molar-refractivity contribution in [2.45, 2.75) is 128 Å². The largest absolute Gasteiger partial charge is 0.330 e. The third-order valence-electron chi connectivity index (χ3n) is 5.64. The van der Waals surface area contributed by atoms with Crippen molar-refractivity contribution in [3.63, 3.8) is 0 Å². The fraction of sp³-hybridized carbons (Fsp3) is 0.952. The molecule has 0 fully saturated rings. The topological polar surface area (TPSA) is 9.23 Å². The first-order valence-corrected chi connectivity index (χ1v) is 11.6. The number of hydrogen-bond donors (Lipinski definition) is 1. The van der Waals surface area contributed by atoms with Crippen molar-refractivity contribution in [1.82, 2.24) is 0 Å². The molecule has 0 saturated heterocycles. The van der Waals surface area contributed by atoms with Gasteiger partial charge in [-0.2, -0.15) is 8.75 Å². The highest BCUT2D eigenvalue weighted by molar-refractivity contribution is 8.56. The quantitative estimate of drug-likeness (QED) is 0.342. The van der Waals surface area contributed by atoms with E-state index in [-0.39, 0.29) is 24.6 Å². The van der Waals surface area contributed by atoms with Crippen LogP contribution in [0.5, 0.6) is 0 Å². The van der Waals surface area contributed by atoms with E-state index in [2.05, 4.69) is 104 Å². The third-order valence-corrected chi connectivity index (χ3v) is 17.4. The average Bonchev–Trinajstić information content (AvgIpc) is 2.02. The maximum absolute atomic E-state index is 6.64. The Kier molecular flexibility index (Phi) is 6.16. The van der Waals surface area contributed by atoms with Crippen molar-refractivity contribution in [1.29, 1.82) is 0 Å². The van der Waals surface area contributed by atoms with Gasteiger partial charge in [-0.15, -0.1) is 12.6 Å². The molecule has 0 radical (unpaired) electrons. The molecule has 0 saturated carbocycles. The summed E-state index contributed by atoms with van der Waals surface area (Å²) in [4.78, 5) is 0. The lowest BCUT2D eigenvalue weighted by molar-refractivity contribution is 0.127. The van der Waals surface area contributed by atoms with Gasteiger partial charge in [0.15, 0.2) is 0 Å². The zero-order chi connectivity index (χ0) is 20.2. The zero-order valence-corrected chi connectivity index (χ0v) is 21.0. The monoisotopic (exact) mass is 378 g/mol. The summed E-state index contributed by atoms with van der Waals surface area (Å²) in [5.41, 5.74) is -0.262. The van der Waals surface area contributed by atoms with E-state index in [9.17, 15) is 0 Å². The Labute approximate surface area is 159 Å². The maximum atomic E-state index is 6.64. The molecule has 0 bridgehead atoms. The van der Waals surface area contributed by atoms with Gasteiger partial charge in [0.05, 0.1) is 5.60 Å². The van der Waals surface area contributed by atoms with Gasteiger partial charge in [0, 0.05) is 0 Å². The van der Waals surface area contributed by atoms with Crippen LogP contribution >= 0.6 is 21.4 Å². The van der Waals surface area contributed by atoms with Crippen LogP contribution in [0.2, 0.25) is 0 Å². The first-order chi connectivity index (χ1) is 9.99. The molecule has 0 aromatic carbocycles. The fourth-order valence-electron chi connectivity index (χ4n) is 6.90. The van der Waals surface area contributed by atoms with Gasteiger partial charge in [0.2, 0.25) is 0 Å². The summed E-state index contributed by atoms with van der Waals surface area (Å²) in [6.07, 6.45) is 0. The van der Waals surface area contributed by atoms with Crippen molar-refractivity contribution < 1.29 is 4.74 Å². The van der Waals surface area contributed by atoms with Gasteiger partial charge in [-0.1, -0.05) is 83.1 Å². The number of thiol groups is 1. The van der Waals surface area contributed by atoms with E-state index in [0.29, 0.717) is 0 Å². The summed E-state index contributed by atoms with van der Waals surface area (Å²) in [6, 6.07) is 0. The molecular weight excluding hydrogens is 332 g/mol. The van der Waals surface area contributed by atoms with E-state index in [4.69, 9.17) is 17.4 Å². The first-order valence-electron chi connectivity index (χ1n) is 9.15. The molecule has 148 valence electrons. The molecule has 3 heteroatoms. The van der Waals surface area contributed by atoms with Crippen LogP contribution in [-0.2, 0) is 4.74 Å². The van der Waals surface area contributed by atoms with Crippen molar-refractivity contribution in [3.8, 4) is 0 Å². The standard InChI is InChI=1S/C21H46OS2/c1-17(2,3)22-16(23)24(18(4,5)6,19(7,8)9,20(10,11)12)21(13,14)15/h23H,1-15H3. The Morgan fingerprint density at radius 2 is 0.750 bits per heavy atom. The van der Waals surface area contributed by atoms with Crippen LogP contribution in [0.25, 0.3) is 0 Å². The summed E-state index contributed by atoms with van der Waals surface area (Å²) in [5, 5.41) is 0. The second-order valence-electron chi connectivity index (χ2n) is 12.0. The summed E-state index contributed by atoms with van der Waals surface area (Å²) in [5.74, 6) is 0. The Hall–Kier alpha value is 0.530. The van der Waals surface area contributed by atoms with E-state index in [1.807, 2.05) is 0 Å². The predicted octanol–water partition coefficient (Wildman–Crippen LogP) is 7.35. The summed E-state index contributed by atoms with van der Waals surface area (Å²) >= 11 is 5.21. The molecule has 0 atom stereocenters. The molecule has 0 aliphatic rings. The molecule has 0 amide bonds. The smallest absolute Gasteiger partial charge is 0.118 e. The van der Waals surface area contributed by atoms with E-state index >= 15 is 0 Å². The lowest BCUT2D eigenvalue weighted by Crippen LogP contribution is -2.64. The Bertz CT molecular complexity index is 455. The normalized spacial score (nSPS) is 17.4. The van der Waals surface area contributed by atoms with Crippen LogP contribution in [-0.4, -0.2) is 29.0 Å². The Morgan fingerprint density at radius 1 is 0.542 bits per heavy atom. The zero-order valence-electron chi connectivity index (χ0n) is 19.3. The van der Waals surface area contributed by atoms with E-state index < -0.39 is 8.75 Å². The minimum absolute atomic E-state index is 0.0221. The second kappa shape index (κ2) is 6.02. The Morgan fingerprint density at radius 3 is 0.875 bits per heavy atom. The molecule has 0 aromatic heterocycles. The minimum Gasteiger partial charge on any atom is -0.330 e. The Balaban J connectivity index is 8.06. The number of hydrogen-bond acceptors (Lipinski definition) is 1. The van der Waals surface area contributed by atoms with E-state index in [1.54, 1.807) is 0 Å². The van der Waals surface area contributed by atoms with Crippen LogP contribution in [0.4, 0.5) is 0 Å². The first kappa shape index (κ1) is 24.5. The molecule has 0 spiro atoms. The average molecular weight is 379 g/mol. The van der Waals surface area contributed by atoms with Crippen molar-refractivity contribution >= 4 is 25.8 Å². The van der Waals surface area contributed by atoms with Crippen LogP contribution in [0.15, 0.2) is 0 Å². The molecule has 0 heterocycles. The molecule has 0 N–H and O–H groups in total. The van der Waals surface area contributed by atoms with Gasteiger partial charge in [-0.25, -0.2) is 0 Å². The van der Waals surface area contributed by atoms with E-state index in [0.717, 1.165) is 4.38 Å². The maximum Gasteiger partial charge on any atom is 0.118 e. The number of rotatable bonds is 0. The van der Waals surface area contributed by atoms with Gasteiger partial charge in [0.25, 0.3) is 0 Å². The molecule has 0 aromatic rings. The van der Waals surface area contributed by atoms with Crippen LogP contribution in [0.1, 0.15) is 104 Å². The molecule has 0 aliphatic heterocycles. The summed E-state index contributed by atoms with van der Waals surface area (Å²) < 4.78 is 7.70. The molecular formula is C21H46OS2. The van der Waals surface area contributed by atoms with Crippen molar-refractivity contribution in [2.75, 3.05) is 0 Å². The van der Waals surface area contributed by atoms with Gasteiger partial charge < -0.3 is 4.74 Å². The molecule has 0 unspecified atom stereocenters. The molecule has 0 aliphatic carbocycles. The van der Waals surface area contributed by atoms with Gasteiger partial charge in [-0.05, 0) is 39.8 Å². The van der Waals surface area contributed by atoms with Crippen LogP contribution < -0.4 is 0 Å². The SMILES string of the molecule is CC(C)(C)OC(S)=S(C(C)(C)C)(C(C)(C)C)(C(C)(C)C)C(C)(C)C. The van der Waals surface area contributed by atoms with Crippen molar-refractivity contribution in [2.24, 2.45) is 0 Å². The highest BCUT2D eigenvalue weighted by Gasteiger charge is 2.67. The lowest BCUT2D eigenvalue weighted by Gasteiger charge is -2.80. The van der Waals surface area contributed by atoms with Crippen LogP contribution in [0.3, 0.4) is 0 Å². The van der Waals surface area contributed by atoms with Gasteiger partial charge in [-0.3, -0.25) is 0 Å². The highest BCUT2D eigenvalue weighted by atomic mass is 32.3. The lowest BCUT2D eigenvalue weighted by atomic mass is 10.2. The third kappa shape index (κ3) is 2.76. The minimum atomic E-state index is -2.47. The van der Waals surface area contributed by atoms with Gasteiger partial charge in [0.1, 0.15) is 4.38 Å². The highest BCUT2D eigenvalue weighted by Crippen LogP contribution is 2.89. The second-order valence-corrected chi connectivity index (χ2v) is 20.0. The molecule has 1 nitrogen and oxygen atoms in total.